The van der Waals surface area contributed by atoms with E-state index in [1.54, 1.807) is 0 Å². The van der Waals surface area contributed by atoms with Gasteiger partial charge >= 0.3 is 0 Å². The van der Waals surface area contributed by atoms with Crippen LogP contribution in [0.2, 0.25) is 0 Å². The zero-order chi connectivity index (χ0) is 14.2. The largest absolute Gasteiger partial charge is 0.393 e. The van der Waals surface area contributed by atoms with E-state index in [2.05, 4.69) is 4.98 Å². The summed E-state index contributed by atoms with van der Waals surface area (Å²) in [5, 5.41) is 18.8. The van der Waals surface area contributed by atoms with Gasteiger partial charge in [0.15, 0.2) is 18.0 Å². The van der Waals surface area contributed by atoms with Gasteiger partial charge in [-0.1, -0.05) is 0 Å². The summed E-state index contributed by atoms with van der Waals surface area (Å²) < 4.78 is 33.2. The molecule has 1 aromatic rings. The van der Waals surface area contributed by atoms with Crippen LogP contribution in [0.5, 0.6) is 0 Å². The lowest BCUT2D eigenvalue weighted by Crippen LogP contribution is -2.47. The van der Waals surface area contributed by atoms with Gasteiger partial charge in [-0.15, -0.1) is 0 Å². The summed E-state index contributed by atoms with van der Waals surface area (Å²) in [4.78, 5) is 3.75. The van der Waals surface area contributed by atoms with Crippen LogP contribution in [0.1, 0.15) is 6.23 Å². The van der Waals surface area contributed by atoms with Gasteiger partial charge in [0.2, 0.25) is 4.77 Å². The highest BCUT2D eigenvalue weighted by molar-refractivity contribution is 7.71. The lowest BCUT2D eigenvalue weighted by atomic mass is 9.98. The maximum Gasteiger partial charge on any atom is 0.203 e. The number of halogens is 2. The van der Waals surface area contributed by atoms with E-state index in [-0.39, 0.29) is 10.6 Å². The van der Waals surface area contributed by atoms with Gasteiger partial charge in [0.25, 0.3) is 0 Å². The van der Waals surface area contributed by atoms with Crippen molar-refractivity contribution in [2.45, 2.75) is 24.1 Å². The van der Waals surface area contributed by atoms with Crippen LogP contribution in [-0.4, -0.2) is 50.9 Å². The Morgan fingerprint density at radius 1 is 1.63 bits per heavy atom. The van der Waals surface area contributed by atoms with Gasteiger partial charge in [-0.05, 0) is 18.3 Å². The zero-order valence-electron chi connectivity index (χ0n) is 9.74. The van der Waals surface area contributed by atoms with Crippen molar-refractivity contribution in [3.8, 4) is 0 Å². The molecule has 6 nitrogen and oxygen atoms in total. The van der Waals surface area contributed by atoms with Crippen molar-refractivity contribution in [1.29, 1.82) is 0 Å². The number of nitrogens with zero attached hydrogens (tertiary/aromatic N) is 2. The molecule has 106 valence electrons. The molecular weight excluding hydrogens is 280 g/mol. The highest BCUT2D eigenvalue weighted by atomic mass is 32.1. The van der Waals surface area contributed by atoms with Crippen molar-refractivity contribution in [3.05, 3.63) is 17.0 Å². The summed E-state index contributed by atoms with van der Waals surface area (Å²) in [6.07, 6.45) is -3.77. The standard InChI is InChI=1S/C10H13F2N3O3S/c11-3-10(4-16)7(17)6(12)8(18-10)15-2-1-5(13)14-9(15)19/h1-2,6-8,16-17H,3-4H2,(H2,13,14,19)/t6-,7+,8-,10-/m1/s1. The van der Waals surface area contributed by atoms with E-state index in [0.717, 1.165) is 4.57 Å². The van der Waals surface area contributed by atoms with E-state index in [0.29, 0.717) is 0 Å². The van der Waals surface area contributed by atoms with Crippen LogP contribution < -0.4 is 5.73 Å². The minimum atomic E-state index is -1.99. The Hall–Kier alpha value is -1.16. The molecule has 0 aliphatic carbocycles. The average molecular weight is 293 g/mol. The number of anilines is 1. The van der Waals surface area contributed by atoms with E-state index in [9.17, 15) is 13.9 Å². The first-order chi connectivity index (χ1) is 8.95. The van der Waals surface area contributed by atoms with Crippen LogP contribution in [0.4, 0.5) is 14.6 Å². The predicted octanol–water partition coefficient (Wildman–Crippen LogP) is 0.123. The van der Waals surface area contributed by atoms with Crippen LogP contribution in [0.15, 0.2) is 12.3 Å². The molecule has 9 heteroatoms. The number of hydrogen-bond donors (Lipinski definition) is 3. The number of nitrogens with two attached hydrogens (primary N) is 1. The Balaban J connectivity index is 2.39. The minimum Gasteiger partial charge on any atom is -0.393 e. The second-order valence-electron chi connectivity index (χ2n) is 4.30. The van der Waals surface area contributed by atoms with Crippen molar-refractivity contribution < 1.29 is 23.7 Å². The molecule has 1 aliphatic rings. The van der Waals surface area contributed by atoms with E-state index in [4.69, 9.17) is 27.8 Å². The van der Waals surface area contributed by atoms with Gasteiger partial charge in [-0.2, -0.15) is 0 Å². The summed E-state index contributed by atoms with van der Waals surface area (Å²) in [7, 11) is 0. The first-order valence-corrected chi connectivity index (χ1v) is 5.87. The van der Waals surface area contributed by atoms with E-state index >= 15 is 0 Å². The number of aliphatic hydroxyl groups is 2. The molecular formula is C10H13F2N3O3S. The fourth-order valence-corrected chi connectivity index (χ4v) is 2.20. The molecule has 1 aliphatic heterocycles. The van der Waals surface area contributed by atoms with Gasteiger partial charge in [-0.3, -0.25) is 4.57 Å². The molecule has 0 spiro atoms. The Bertz CT molecular complexity index is 523. The monoisotopic (exact) mass is 293 g/mol. The number of nitrogen functional groups attached to an aromatic ring is 1. The third kappa shape index (κ3) is 2.22. The maximum absolute atomic E-state index is 14.0. The van der Waals surface area contributed by atoms with Crippen molar-refractivity contribution in [2.75, 3.05) is 19.0 Å². The number of aliphatic hydroxyl groups excluding tert-OH is 2. The van der Waals surface area contributed by atoms with E-state index < -0.39 is 37.4 Å². The SMILES string of the molecule is Nc1ccn([C@@H]2O[C@@](CO)(CF)[C@@H](O)[C@H]2F)c(=S)n1. The normalized spacial score (nSPS) is 34.6. The van der Waals surface area contributed by atoms with Gasteiger partial charge in [0.05, 0.1) is 6.61 Å². The molecule has 0 bridgehead atoms. The first-order valence-electron chi connectivity index (χ1n) is 5.46. The van der Waals surface area contributed by atoms with Crippen molar-refractivity contribution in [2.24, 2.45) is 0 Å². The van der Waals surface area contributed by atoms with Gasteiger partial charge in [-0.25, -0.2) is 13.8 Å². The molecule has 1 saturated heterocycles. The lowest BCUT2D eigenvalue weighted by Gasteiger charge is -2.26. The molecule has 0 amide bonds. The zero-order valence-corrected chi connectivity index (χ0v) is 10.6. The highest BCUT2D eigenvalue weighted by Crippen LogP contribution is 2.39. The number of hydrogen-bond acceptors (Lipinski definition) is 6. The molecule has 0 saturated carbocycles. The third-order valence-electron chi connectivity index (χ3n) is 3.09. The highest BCUT2D eigenvalue weighted by Gasteiger charge is 2.56. The number of alkyl halides is 2. The summed E-state index contributed by atoms with van der Waals surface area (Å²) in [6, 6.07) is 1.37. The average Bonchev–Trinajstić information content (AvgIpc) is 2.64. The van der Waals surface area contributed by atoms with Gasteiger partial charge in [0.1, 0.15) is 18.6 Å². The van der Waals surface area contributed by atoms with Crippen LogP contribution >= 0.6 is 12.2 Å². The smallest absolute Gasteiger partial charge is 0.203 e. The molecule has 4 N–H and O–H groups in total. The minimum absolute atomic E-state index is 0.0625. The summed E-state index contributed by atoms with van der Waals surface area (Å²) in [5.74, 6) is 0.147. The van der Waals surface area contributed by atoms with Crippen molar-refractivity contribution in [1.82, 2.24) is 9.55 Å². The molecule has 1 aromatic heterocycles. The second kappa shape index (κ2) is 5.08. The van der Waals surface area contributed by atoms with Crippen LogP contribution in [0.25, 0.3) is 0 Å². The Morgan fingerprint density at radius 3 is 2.79 bits per heavy atom. The topological polar surface area (TPSA) is 93.5 Å². The quantitative estimate of drug-likeness (QED) is 0.686. The molecule has 2 rings (SSSR count). The molecule has 4 atom stereocenters. The molecule has 1 fully saturated rings. The Kier molecular flexibility index (Phi) is 3.81. The summed E-state index contributed by atoms with van der Waals surface area (Å²) in [6.45, 7) is -2.07. The van der Waals surface area contributed by atoms with E-state index in [1.165, 1.54) is 12.3 Å². The van der Waals surface area contributed by atoms with Gasteiger partial charge < -0.3 is 20.7 Å². The van der Waals surface area contributed by atoms with Crippen LogP contribution in [0.3, 0.4) is 0 Å². The second-order valence-corrected chi connectivity index (χ2v) is 4.66. The Labute approximate surface area is 112 Å². The third-order valence-corrected chi connectivity index (χ3v) is 3.39. The van der Waals surface area contributed by atoms with Crippen LogP contribution in [-0.2, 0) is 4.74 Å². The predicted molar refractivity (Wildman–Crippen MR) is 64.3 cm³/mol. The van der Waals surface area contributed by atoms with Crippen molar-refractivity contribution >= 4 is 18.0 Å². The summed E-state index contributed by atoms with van der Waals surface area (Å²) >= 11 is 4.90. The maximum atomic E-state index is 14.0. The molecule has 19 heavy (non-hydrogen) atoms. The Morgan fingerprint density at radius 2 is 2.32 bits per heavy atom. The summed E-state index contributed by atoms with van der Waals surface area (Å²) in [5.41, 5.74) is 3.43. The molecule has 2 heterocycles. The fraction of sp³-hybridized carbons (Fsp3) is 0.600. The lowest BCUT2D eigenvalue weighted by molar-refractivity contribution is -0.137. The fourth-order valence-electron chi connectivity index (χ4n) is 1.93. The molecule has 0 unspecified atom stereocenters. The van der Waals surface area contributed by atoms with Crippen LogP contribution in [0, 0.1) is 4.77 Å². The number of ether oxygens (including phenoxy) is 1. The molecule has 0 radical (unpaired) electrons. The number of rotatable bonds is 3. The number of aromatic nitrogens is 2. The van der Waals surface area contributed by atoms with Crippen molar-refractivity contribution in [3.63, 3.8) is 0 Å². The van der Waals surface area contributed by atoms with Gasteiger partial charge in [0, 0.05) is 6.20 Å². The van der Waals surface area contributed by atoms with E-state index in [1.807, 2.05) is 0 Å². The first kappa shape index (κ1) is 14.3. The molecule has 0 aromatic carbocycles.